The summed E-state index contributed by atoms with van der Waals surface area (Å²) in [5, 5.41) is 20.9. The quantitative estimate of drug-likeness (QED) is 0.593. The van der Waals surface area contributed by atoms with Crippen molar-refractivity contribution >= 4 is 35.0 Å². The van der Waals surface area contributed by atoms with Gasteiger partial charge >= 0.3 is 12.1 Å². The van der Waals surface area contributed by atoms with Crippen molar-refractivity contribution in [2.45, 2.75) is 12.5 Å². The molecular weight excluding hydrogens is 456 g/mol. The average Bonchev–Trinajstić information content (AvgIpc) is 3.13. The molecule has 2 aliphatic heterocycles. The van der Waals surface area contributed by atoms with Crippen molar-refractivity contribution in [3.63, 3.8) is 0 Å². The summed E-state index contributed by atoms with van der Waals surface area (Å²) < 4.78 is 5.55. The molecule has 1 N–H and O–H groups in total. The Morgan fingerprint density at radius 2 is 1.47 bits per heavy atom. The minimum absolute atomic E-state index is 0.169. The van der Waals surface area contributed by atoms with Crippen molar-refractivity contribution in [2.75, 3.05) is 28.3 Å². The Balaban J connectivity index is 1.58. The Bertz CT molecular complexity index is 1440. The maximum absolute atomic E-state index is 13.9. The highest BCUT2D eigenvalue weighted by Gasteiger charge is 2.61. The molecule has 0 bridgehead atoms. The number of hydrogen-bond donors (Lipinski definition) is 1. The van der Waals surface area contributed by atoms with E-state index in [4.69, 9.17) is 10.00 Å². The lowest BCUT2D eigenvalue weighted by atomic mass is 9.93. The van der Waals surface area contributed by atoms with E-state index in [0.717, 1.165) is 5.56 Å². The minimum Gasteiger partial charge on any atom is -0.375 e. The van der Waals surface area contributed by atoms with Gasteiger partial charge in [-0.15, -0.1) is 0 Å². The number of ether oxygens (including phenoxy) is 1. The number of amides is 4. The van der Waals surface area contributed by atoms with Crippen LogP contribution in [0.1, 0.15) is 16.7 Å². The predicted octanol–water partition coefficient (Wildman–Crippen LogP) is 4.58. The molecule has 3 aromatic carbocycles. The molecule has 2 heterocycles. The number of benzene rings is 3. The van der Waals surface area contributed by atoms with Gasteiger partial charge in [-0.05, 0) is 67.6 Å². The summed E-state index contributed by atoms with van der Waals surface area (Å²) in [4.78, 5) is 34.2. The standard InChI is InChI=1S/C27H20N6O3/c1-18-2-10-23(11-3-18)33-26(35)32(22-12-6-20(15-29)7-13-22)24(27(33)16-36-17-27)31-25(34)30-21-8-4-19(14-28)5-9-21/h2-13H,16-17H2,1H3,(H,30,34)/b31-24-. The van der Waals surface area contributed by atoms with Crippen LogP contribution in [0.15, 0.2) is 77.8 Å². The molecule has 3 aromatic rings. The van der Waals surface area contributed by atoms with E-state index in [0.29, 0.717) is 28.2 Å². The van der Waals surface area contributed by atoms with Crippen LogP contribution in [-0.2, 0) is 4.74 Å². The third-order valence-corrected chi connectivity index (χ3v) is 6.14. The Hall–Kier alpha value is -4.99. The SMILES string of the molecule is Cc1ccc(N2C(=O)N(c3ccc(C#N)cc3)/C(=N\C(=O)Nc3ccc(C#N)cc3)C23COC3)cc1. The molecule has 9 nitrogen and oxygen atoms in total. The van der Waals surface area contributed by atoms with Gasteiger partial charge in [0.2, 0.25) is 0 Å². The maximum atomic E-state index is 13.9. The van der Waals surface area contributed by atoms with Crippen LogP contribution in [0.4, 0.5) is 26.7 Å². The topological polar surface area (TPSA) is 122 Å². The lowest BCUT2D eigenvalue weighted by Crippen LogP contribution is -2.64. The molecule has 2 saturated heterocycles. The van der Waals surface area contributed by atoms with Gasteiger partial charge in [0, 0.05) is 11.4 Å². The van der Waals surface area contributed by atoms with Gasteiger partial charge in [-0.2, -0.15) is 15.5 Å². The van der Waals surface area contributed by atoms with E-state index in [-0.39, 0.29) is 25.1 Å². The van der Waals surface area contributed by atoms with Crippen molar-refractivity contribution in [2.24, 2.45) is 4.99 Å². The number of amidine groups is 1. The van der Waals surface area contributed by atoms with Gasteiger partial charge < -0.3 is 10.1 Å². The summed E-state index contributed by atoms with van der Waals surface area (Å²) in [6.07, 6.45) is 0. The molecule has 1 spiro atoms. The van der Waals surface area contributed by atoms with Crippen LogP contribution in [0.2, 0.25) is 0 Å². The average molecular weight is 476 g/mol. The number of aryl methyl sites for hydroxylation is 1. The molecule has 0 radical (unpaired) electrons. The van der Waals surface area contributed by atoms with E-state index in [2.05, 4.69) is 16.4 Å². The fourth-order valence-electron chi connectivity index (χ4n) is 4.23. The summed E-state index contributed by atoms with van der Waals surface area (Å²) in [7, 11) is 0. The van der Waals surface area contributed by atoms with E-state index in [1.54, 1.807) is 53.4 Å². The fraction of sp³-hybridized carbons (Fsp3) is 0.148. The first-order valence-electron chi connectivity index (χ1n) is 11.1. The molecule has 5 rings (SSSR count). The van der Waals surface area contributed by atoms with Gasteiger partial charge in [0.25, 0.3) is 0 Å². The number of nitrogens with one attached hydrogen (secondary N) is 1. The largest absolute Gasteiger partial charge is 0.375 e. The first-order valence-corrected chi connectivity index (χ1v) is 11.1. The highest BCUT2D eigenvalue weighted by molar-refractivity contribution is 6.34. The van der Waals surface area contributed by atoms with Gasteiger partial charge in [0.1, 0.15) is 0 Å². The lowest BCUT2D eigenvalue weighted by molar-refractivity contribution is -0.0152. The number of urea groups is 2. The number of rotatable bonds is 3. The van der Waals surface area contributed by atoms with Crippen molar-refractivity contribution < 1.29 is 14.3 Å². The monoisotopic (exact) mass is 476 g/mol. The van der Waals surface area contributed by atoms with Gasteiger partial charge in [-0.1, -0.05) is 17.7 Å². The van der Waals surface area contributed by atoms with E-state index < -0.39 is 11.6 Å². The third-order valence-electron chi connectivity index (χ3n) is 6.14. The number of anilines is 3. The zero-order valence-electron chi connectivity index (χ0n) is 19.3. The van der Waals surface area contributed by atoms with Crippen molar-refractivity contribution in [3.05, 3.63) is 89.5 Å². The summed E-state index contributed by atoms with van der Waals surface area (Å²) in [6.45, 7) is 2.30. The van der Waals surface area contributed by atoms with Crippen molar-refractivity contribution in [3.8, 4) is 12.1 Å². The molecule has 0 unspecified atom stereocenters. The molecule has 176 valence electrons. The van der Waals surface area contributed by atoms with E-state index in [9.17, 15) is 14.9 Å². The summed E-state index contributed by atoms with van der Waals surface area (Å²) in [5.41, 5.74) is 2.58. The van der Waals surface area contributed by atoms with E-state index in [1.165, 1.54) is 4.90 Å². The summed E-state index contributed by atoms with van der Waals surface area (Å²) >= 11 is 0. The Kier molecular flexibility index (Phi) is 5.69. The number of carbonyl (C=O) groups excluding carboxylic acids is 2. The normalized spacial score (nSPS) is 17.0. The van der Waals surface area contributed by atoms with Crippen LogP contribution in [0.3, 0.4) is 0 Å². The number of nitriles is 2. The van der Waals surface area contributed by atoms with Crippen LogP contribution in [0.25, 0.3) is 0 Å². The molecule has 36 heavy (non-hydrogen) atoms. The molecule has 9 heteroatoms. The van der Waals surface area contributed by atoms with Crippen LogP contribution < -0.4 is 15.1 Å². The number of hydrogen-bond acceptors (Lipinski definition) is 5. The van der Waals surface area contributed by atoms with Crippen LogP contribution in [-0.4, -0.2) is 36.7 Å². The third kappa shape index (κ3) is 3.84. The van der Waals surface area contributed by atoms with Gasteiger partial charge in [-0.25, -0.2) is 14.5 Å². The molecule has 0 aliphatic carbocycles. The number of carbonyl (C=O) groups is 2. The summed E-state index contributed by atoms with van der Waals surface area (Å²) in [6, 6.07) is 23.5. The lowest BCUT2D eigenvalue weighted by Gasteiger charge is -2.43. The Morgan fingerprint density at radius 3 is 2.00 bits per heavy atom. The second kappa shape index (κ2) is 8.99. The van der Waals surface area contributed by atoms with Gasteiger partial charge in [0.15, 0.2) is 11.4 Å². The van der Waals surface area contributed by atoms with E-state index in [1.807, 2.05) is 37.3 Å². The molecular formula is C27H20N6O3. The molecule has 0 saturated carbocycles. The minimum atomic E-state index is -0.970. The Labute approximate surface area is 207 Å². The zero-order valence-corrected chi connectivity index (χ0v) is 19.3. The van der Waals surface area contributed by atoms with Gasteiger partial charge in [0.05, 0.1) is 42.2 Å². The second-order valence-corrected chi connectivity index (χ2v) is 8.53. The molecule has 0 aromatic heterocycles. The smallest absolute Gasteiger partial charge is 0.347 e. The molecule has 0 atom stereocenters. The highest BCUT2D eigenvalue weighted by Crippen LogP contribution is 2.41. The fourth-order valence-corrected chi connectivity index (χ4v) is 4.23. The zero-order chi connectivity index (χ0) is 25.3. The number of aliphatic imine (C=N–C) groups is 1. The first-order chi connectivity index (χ1) is 17.4. The molecule has 4 amide bonds. The van der Waals surface area contributed by atoms with Crippen LogP contribution in [0, 0.1) is 29.6 Å². The van der Waals surface area contributed by atoms with Gasteiger partial charge in [-0.3, -0.25) is 4.90 Å². The maximum Gasteiger partial charge on any atom is 0.347 e. The van der Waals surface area contributed by atoms with Crippen molar-refractivity contribution in [1.29, 1.82) is 10.5 Å². The predicted molar refractivity (Wildman–Crippen MR) is 134 cm³/mol. The molecule has 2 fully saturated rings. The van der Waals surface area contributed by atoms with E-state index >= 15 is 0 Å². The van der Waals surface area contributed by atoms with Crippen LogP contribution in [0.5, 0.6) is 0 Å². The Morgan fingerprint density at radius 1 is 0.917 bits per heavy atom. The highest BCUT2D eigenvalue weighted by atomic mass is 16.5. The first kappa shape index (κ1) is 22.8. The molecule has 2 aliphatic rings. The number of nitrogens with zero attached hydrogens (tertiary/aromatic N) is 5. The van der Waals surface area contributed by atoms with Crippen LogP contribution >= 0.6 is 0 Å². The summed E-state index contributed by atoms with van der Waals surface area (Å²) in [5.74, 6) is 0.232. The second-order valence-electron chi connectivity index (χ2n) is 8.53. The van der Waals surface area contributed by atoms with Crippen molar-refractivity contribution in [1.82, 2.24) is 0 Å².